The first kappa shape index (κ1) is 13.7. The summed E-state index contributed by atoms with van der Waals surface area (Å²) in [6.45, 7) is 1.82. The molecule has 1 aliphatic heterocycles. The average molecular weight is 280 g/mol. The largest absolute Gasteiger partial charge is 0.399 e. The highest BCUT2D eigenvalue weighted by molar-refractivity contribution is 5.60. The molecule has 0 radical (unpaired) electrons. The van der Waals surface area contributed by atoms with E-state index >= 15 is 0 Å². The maximum atomic E-state index is 13.2. The van der Waals surface area contributed by atoms with Crippen molar-refractivity contribution in [3.8, 4) is 0 Å². The molecule has 0 spiro atoms. The molecular weight excluding hydrogens is 258 g/mol. The Hall–Kier alpha value is -1.32. The van der Waals surface area contributed by atoms with Gasteiger partial charge < -0.3 is 10.6 Å². The monoisotopic (exact) mass is 280 g/mol. The first-order valence-electron chi connectivity index (χ1n) is 7.57. The van der Waals surface area contributed by atoms with E-state index in [4.69, 9.17) is 5.73 Å². The topological polar surface area (TPSA) is 29.3 Å². The minimum absolute atomic E-state index is 0.0826. The van der Waals surface area contributed by atoms with Crippen molar-refractivity contribution in [1.82, 2.24) is 0 Å². The predicted molar refractivity (Wildman–Crippen MR) is 78.1 cm³/mol. The Morgan fingerprint density at radius 3 is 2.60 bits per heavy atom. The fraction of sp³-hybridized carbons (Fsp3) is 0.625. The average Bonchev–Trinajstić information content (AvgIpc) is 2.46. The quantitative estimate of drug-likeness (QED) is 0.822. The summed E-state index contributed by atoms with van der Waals surface area (Å²) in [7, 11) is 0. The number of alkyl halides is 2. The van der Waals surface area contributed by atoms with Crippen molar-refractivity contribution in [2.75, 3.05) is 23.7 Å². The highest BCUT2D eigenvalue weighted by Gasteiger charge is 2.32. The van der Waals surface area contributed by atoms with E-state index in [1.807, 2.05) is 0 Å². The summed E-state index contributed by atoms with van der Waals surface area (Å²) in [5.74, 6) is 1.49. The molecule has 1 aromatic rings. The summed E-state index contributed by atoms with van der Waals surface area (Å²) in [5, 5.41) is 0. The van der Waals surface area contributed by atoms with Crippen LogP contribution in [0.5, 0.6) is 0 Å². The van der Waals surface area contributed by atoms with E-state index in [1.54, 1.807) is 12.1 Å². The number of nitrogen functional groups attached to an aromatic ring is 1. The van der Waals surface area contributed by atoms with Gasteiger partial charge in [-0.05, 0) is 42.9 Å². The number of nitrogens with two attached hydrogens (primary N) is 1. The van der Waals surface area contributed by atoms with Gasteiger partial charge in [0.15, 0.2) is 0 Å². The van der Waals surface area contributed by atoms with Crippen LogP contribution in [0.25, 0.3) is 0 Å². The van der Waals surface area contributed by atoms with Gasteiger partial charge in [0.05, 0.1) is 0 Å². The van der Waals surface area contributed by atoms with Gasteiger partial charge in [0.1, 0.15) is 0 Å². The van der Waals surface area contributed by atoms with E-state index in [2.05, 4.69) is 4.90 Å². The lowest BCUT2D eigenvalue weighted by atomic mass is 9.75. The van der Waals surface area contributed by atoms with Crippen LogP contribution in [-0.4, -0.2) is 13.1 Å². The van der Waals surface area contributed by atoms with Gasteiger partial charge in [-0.1, -0.05) is 19.3 Å². The van der Waals surface area contributed by atoms with Gasteiger partial charge in [-0.3, -0.25) is 0 Å². The predicted octanol–water partition coefficient (Wildman–Crippen LogP) is 4.22. The maximum Gasteiger partial charge on any atom is 0.265 e. The van der Waals surface area contributed by atoms with Crippen LogP contribution in [0.15, 0.2) is 18.2 Å². The standard InChI is InChI=1S/C16H22F2N2/c17-16(18)14-9-13(19)5-6-15(14)20-8-7-11-3-1-2-4-12(11)10-20/h5-6,9,11-12,16H,1-4,7-8,10,19H2. The SMILES string of the molecule is Nc1ccc(N2CCC3CCCCC3C2)c(C(F)F)c1. The zero-order valence-electron chi connectivity index (χ0n) is 11.7. The van der Waals surface area contributed by atoms with Crippen LogP contribution in [0, 0.1) is 11.8 Å². The summed E-state index contributed by atoms with van der Waals surface area (Å²) < 4.78 is 26.4. The molecule has 0 aromatic heterocycles. The van der Waals surface area contributed by atoms with Crippen molar-refractivity contribution in [1.29, 1.82) is 0 Å². The van der Waals surface area contributed by atoms with Crippen LogP contribution >= 0.6 is 0 Å². The van der Waals surface area contributed by atoms with Crippen molar-refractivity contribution in [2.45, 2.75) is 38.5 Å². The number of piperidine rings is 1. The lowest BCUT2D eigenvalue weighted by molar-refractivity contribution is 0.151. The second-order valence-corrected chi connectivity index (χ2v) is 6.16. The molecule has 3 rings (SSSR count). The smallest absolute Gasteiger partial charge is 0.265 e. The maximum absolute atomic E-state index is 13.2. The van der Waals surface area contributed by atoms with E-state index in [1.165, 1.54) is 31.7 Å². The molecule has 2 nitrogen and oxygen atoms in total. The van der Waals surface area contributed by atoms with Gasteiger partial charge in [-0.15, -0.1) is 0 Å². The van der Waals surface area contributed by atoms with Gasteiger partial charge in [0, 0.05) is 30.0 Å². The van der Waals surface area contributed by atoms with Crippen molar-refractivity contribution in [2.24, 2.45) is 11.8 Å². The molecule has 2 aliphatic rings. The summed E-state index contributed by atoms with van der Waals surface area (Å²) in [4.78, 5) is 2.15. The summed E-state index contributed by atoms with van der Waals surface area (Å²) >= 11 is 0. The summed E-state index contributed by atoms with van der Waals surface area (Å²) in [6.07, 6.45) is 3.88. The normalized spacial score (nSPS) is 26.6. The third-order valence-corrected chi connectivity index (χ3v) is 4.92. The first-order chi connectivity index (χ1) is 9.65. The number of halogens is 2. The Kier molecular flexibility index (Phi) is 3.81. The fourth-order valence-corrected chi connectivity index (χ4v) is 3.86. The third-order valence-electron chi connectivity index (χ3n) is 4.92. The Bertz CT molecular complexity index is 476. The molecule has 0 bridgehead atoms. The van der Waals surface area contributed by atoms with Crippen LogP contribution < -0.4 is 10.6 Å². The molecule has 1 aliphatic carbocycles. The van der Waals surface area contributed by atoms with Crippen molar-refractivity contribution < 1.29 is 8.78 Å². The van der Waals surface area contributed by atoms with Crippen LogP contribution in [0.1, 0.15) is 44.1 Å². The molecule has 2 N–H and O–H groups in total. The highest BCUT2D eigenvalue weighted by atomic mass is 19.3. The van der Waals surface area contributed by atoms with Gasteiger partial charge in [0.2, 0.25) is 0 Å². The number of benzene rings is 1. The first-order valence-corrected chi connectivity index (χ1v) is 7.57. The van der Waals surface area contributed by atoms with Crippen molar-refractivity contribution >= 4 is 11.4 Å². The molecule has 1 saturated carbocycles. The molecule has 2 unspecified atom stereocenters. The Balaban J connectivity index is 1.82. The van der Waals surface area contributed by atoms with E-state index in [0.29, 0.717) is 17.3 Å². The number of fused-ring (bicyclic) bond motifs is 1. The number of anilines is 2. The van der Waals surface area contributed by atoms with E-state index in [-0.39, 0.29) is 5.56 Å². The third kappa shape index (κ3) is 2.60. The zero-order valence-corrected chi connectivity index (χ0v) is 11.7. The molecule has 1 saturated heterocycles. The van der Waals surface area contributed by atoms with Gasteiger partial charge in [-0.2, -0.15) is 0 Å². The van der Waals surface area contributed by atoms with Crippen LogP contribution in [-0.2, 0) is 0 Å². The lowest BCUT2D eigenvalue weighted by Crippen LogP contribution is -2.42. The molecule has 110 valence electrons. The zero-order chi connectivity index (χ0) is 14.1. The number of hydrogen-bond donors (Lipinski definition) is 1. The number of hydrogen-bond acceptors (Lipinski definition) is 2. The van der Waals surface area contributed by atoms with E-state index in [0.717, 1.165) is 25.4 Å². The molecule has 1 heterocycles. The van der Waals surface area contributed by atoms with Crippen LogP contribution in [0.2, 0.25) is 0 Å². The number of rotatable bonds is 2. The van der Waals surface area contributed by atoms with Crippen LogP contribution in [0.3, 0.4) is 0 Å². The molecule has 2 fully saturated rings. The van der Waals surface area contributed by atoms with E-state index < -0.39 is 6.43 Å². The van der Waals surface area contributed by atoms with Gasteiger partial charge in [-0.25, -0.2) is 8.78 Å². The van der Waals surface area contributed by atoms with Gasteiger partial charge in [0.25, 0.3) is 6.43 Å². The molecule has 2 atom stereocenters. The summed E-state index contributed by atoms with van der Waals surface area (Å²) in [6, 6.07) is 4.92. The molecule has 20 heavy (non-hydrogen) atoms. The van der Waals surface area contributed by atoms with Gasteiger partial charge >= 0.3 is 0 Å². The Labute approximate surface area is 118 Å². The number of nitrogens with zero attached hydrogens (tertiary/aromatic N) is 1. The fourth-order valence-electron chi connectivity index (χ4n) is 3.86. The van der Waals surface area contributed by atoms with E-state index in [9.17, 15) is 8.78 Å². The molecule has 4 heteroatoms. The summed E-state index contributed by atoms with van der Waals surface area (Å²) in [5.41, 5.74) is 6.82. The molecule has 0 amide bonds. The highest BCUT2D eigenvalue weighted by Crippen LogP contribution is 2.40. The Morgan fingerprint density at radius 2 is 1.85 bits per heavy atom. The minimum Gasteiger partial charge on any atom is -0.399 e. The minimum atomic E-state index is -2.46. The van der Waals surface area contributed by atoms with Crippen molar-refractivity contribution in [3.05, 3.63) is 23.8 Å². The molecule has 1 aromatic carbocycles. The second kappa shape index (κ2) is 5.58. The second-order valence-electron chi connectivity index (χ2n) is 6.16. The molecular formula is C16H22F2N2. The Morgan fingerprint density at radius 1 is 1.10 bits per heavy atom. The lowest BCUT2D eigenvalue weighted by Gasteiger charge is -2.42. The van der Waals surface area contributed by atoms with Crippen molar-refractivity contribution in [3.63, 3.8) is 0 Å². The van der Waals surface area contributed by atoms with Crippen LogP contribution in [0.4, 0.5) is 20.2 Å².